The molecule has 2 fully saturated rings. The number of hydrogen-bond donors (Lipinski definition) is 0. The van der Waals surface area contributed by atoms with E-state index in [0.717, 1.165) is 54.6 Å². The third-order valence-corrected chi connectivity index (χ3v) is 7.56. The third-order valence-electron chi connectivity index (χ3n) is 5.47. The lowest BCUT2D eigenvalue weighted by Gasteiger charge is -2.35. The number of thioether (sulfide) groups is 1. The Bertz CT molecular complexity index is 811. The van der Waals surface area contributed by atoms with E-state index in [1.54, 1.807) is 17.7 Å². The average molecular weight is 407 g/mol. The lowest BCUT2D eigenvalue weighted by molar-refractivity contribution is -0.130. The number of rotatable bonds is 5. The summed E-state index contributed by atoms with van der Waals surface area (Å²) in [7, 11) is 0. The van der Waals surface area contributed by atoms with Gasteiger partial charge in [-0.3, -0.25) is 9.69 Å². The highest BCUT2D eigenvalue weighted by atomic mass is 32.2. The summed E-state index contributed by atoms with van der Waals surface area (Å²) in [6.45, 7) is 9.62. The zero-order valence-corrected chi connectivity index (χ0v) is 17.6. The molecule has 0 N–H and O–H groups in total. The quantitative estimate of drug-likeness (QED) is 0.562. The number of fused-ring (bicyclic) bond motifs is 1. The second-order valence-electron chi connectivity index (χ2n) is 7.25. The summed E-state index contributed by atoms with van der Waals surface area (Å²) < 4.78 is 5.73. The van der Waals surface area contributed by atoms with Crippen LogP contribution in [-0.2, 0) is 9.53 Å². The van der Waals surface area contributed by atoms with Crippen LogP contribution in [0.2, 0.25) is 0 Å². The fourth-order valence-corrected chi connectivity index (χ4v) is 5.76. The Hall–Kier alpha value is -1.22. The van der Waals surface area contributed by atoms with E-state index in [-0.39, 0.29) is 5.91 Å². The molecule has 1 atom stereocenters. The number of piperazine rings is 1. The summed E-state index contributed by atoms with van der Waals surface area (Å²) in [6.07, 6.45) is 4.35. The smallest absolute Gasteiger partial charge is 0.233 e. The van der Waals surface area contributed by atoms with E-state index in [1.165, 1.54) is 35.0 Å². The van der Waals surface area contributed by atoms with Gasteiger partial charge < -0.3 is 9.64 Å². The van der Waals surface area contributed by atoms with Gasteiger partial charge in [0.1, 0.15) is 16.2 Å². The molecular formula is C19H26N4O2S2. The number of ether oxygens (including phenoxy) is 1. The Kier molecular flexibility index (Phi) is 5.96. The number of aryl methyl sites for hydroxylation is 2. The second kappa shape index (κ2) is 8.43. The van der Waals surface area contributed by atoms with Gasteiger partial charge in [-0.25, -0.2) is 9.97 Å². The van der Waals surface area contributed by atoms with Gasteiger partial charge in [0.2, 0.25) is 5.91 Å². The van der Waals surface area contributed by atoms with E-state index in [4.69, 9.17) is 4.74 Å². The van der Waals surface area contributed by atoms with Gasteiger partial charge in [-0.05, 0) is 32.3 Å². The van der Waals surface area contributed by atoms with Gasteiger partial charge in [-0.2, -0.15) is 0 Å². The molecule has 0 aromatic carbocycles. The van der Waals surface area contributed by atoms with E-state index in [9.17, 15) is 4.79 Å². The van der Waals surface area contributed by atoms with Crippen LogP contribution in [0.5, 0.6) is 0 Å². The molecule has 1 amide bonds. The van der Waals surface area contributed by atoms with Crippen LogP contribution in [0.3, 0.4) is 0 Å². The van der Waals surface area contributed by atoms with Crippen molar-refractivity contribution in [2.24, 2.45) is 0 Å². The monoisotopic (exact) mass is 406 g/mol. The van der Waals surface area contributed by atoms with E-state index >= 15 is 0 Å². The largest absolute Gasteiger partial charge is 0.377 e. The highest BCUT2D eigenvalue weighted by molar-refractivity contribution is 8.00. The van der Waals surface area contributed by atoms with Crippen molar-refractivity contribution in [3.8, 4) is 0 Å². The minimum absolute atomic E-state index is 0.202. The van der Waals surface area contributed by atoms with Crippen molar-refractivity contribution in [3.05, 3.63) is 16.8 Å². The molecule has 0 bridgehead atoms. The van der Waals surface area contributed by atoms with Gasteiger partial charge >= 0.3 is 0 Å². The number of hydrogen-bond acceptors (Lipinski definition) is 7. The topological polar surface area (TPSA) is 58.6 Å². The number of nitrogens with zero attached hydrogens (tertiary/aromatic N) is 4. The lowest BCUT2D eigenvalue weighted by atomic mass is 10.2. The van der Waals surface area contributed by atoms with Crippen molar-refractivity contribution >= 4 is 39.2 Å². The van der Waals surface area contributed by atoms with Crippen molar-refractivity contribution in [1.29, 1.82) is 0 Å². The van der Waals surface area contributed by atoms with Crippen LogP contribution in [0.4, 0.5) is 0 Å². The van der Waals surface area contributed by atoms with Crippen molar-refractivity contribution in [2.75, 3.05) is 45.1 Å². The molecule has 0 aliphatic carbocycles. The summed E-state index contributed by atoms with van der Waals surface area (Å²) in [4.78, 5) is 28.2. The van der Waals surface area contributed by atoms with Gasteiger partial charge in [0, 0.05) is 49.6 Å². The zero-order valence-electron chi connectivity index (χ0n) is 15.9. The molecule has 0 spiro atoms. The Morgan fingerprint density at radius 3 is 2.85 bits per heavy atom. The maximum absolute atomic E-state index is 12.7. The normalized spacial score (nSPS) is 21.3. The lowest BCUT2D eigenvalue weighted by Crippen LogP contribution is -2.50. The van der Waals surface area contributed by atoms with Crippen molar-refractivity contribution in [3.63, 3.8) is 0 Å². The number of aromatic nitrogens is 2. The van der Waals surface area contributed by atoms with Crippen LogP contribution in [0.1, 0.15) is 23.3 Å². The molecule has 1 unspecified atom stereocenters. The molecule has 4 rings (SSSR count). The Balaban J connectivity index is 1.30. The summed E-state index contributed by atoms with van der Waals surface area (Å²) in [5, 5.41) is 2.03. The average Bonchev–Trinajstić information content (AvgIpc) is 3.29. The number of amides is 1. The summed E-state index contributed by atoms with van der Waals surface area (Å²) in [6, 6.07) is 0. The van der Waals surface area contributed by atoms with Crippen LogP contribution in [0, 0.1) is 13.8 Å². The zero-order chi connectivity index (χ0) is 18.8. The highest BCUT2D eigenvalue weighted by Gasteiger charge is 2.25. The second-order valence-corrected chi connectivity index (χ2v) is 9.41. The highest BCUT2D eigenvalue weighted by Crippen LogP contribution is 2.34. The molecule has 4 heterocycles. The first-order valence-electron chi connectivity index (χ1n) is 9.57. The minimum atomic E-state index is 0.202. The Morgan fingerprint density at radius 1 is 1.30 bits per heavy atom. The van der Waals surface area contributed by atoms with Crippen molar-refractivity contribution < 1.29 is 9.53 Å². The molecule has 2 aromatic heterocycles. The van der Waals surface area contributed by atoms with E-state index < -0.39 is 0 Å². The Labute approximate surface area is 168 Å². The fourth-order valence-electron chi connectivity index (χ4n) is 3.74. The van der Waals surface area contributed by atoms with Crippen LogP contribution >= 0.6 is 23.1 Å². The molecule has 146 valence electrons. The van der Waals surface area contributed by atoms with Crippen molar-refractivity contribution in [1.82, 2.24) is 19.8 Å². The predicted molar refractivity (Wildman–Crippen MR) is 110 cm³/mol. The van der Waals surface area contributed by atoms with Gasteiger partial charge in [0.25, 0.3) is 0 Å². The molecule has 6 nitrogen and oxygen atoms in total. The van der Waals surface area contributed by atoms with Gasteiger partial charge in [-0.1, -0.05) is 11.8 Å². The van der Waals surface area contributed by atoms with Gasteiger partial charge in [0.05, 0.1) is 11.9 Å². The first-order valence-corrected chi connectivity index (χ1v) is 11.4. The Morgan fingerprint density at radius 2 is 2.11 bits per heavy atom. The number of thiophene rings is 1. The maximum Gasteiger partial charge on any atom is 0.233 e. The van der Waals surface area contributed by atoms with Crippen LogP contribution < -0.4 is 0 Å². The van der Waals surface area contributed by atoms with Crippen LogP contribution in [0.15, 0.2) is 11.4 Å². The molecule has 2 aliphatic rings. The molecule has 2 saturated heterocycles. The van der Waals surface area contributed by atoms with Gasteiger partial charge in [0.15, 0.2) is 0 Å². The first-order chi connectivity index (χ1) is 13.1. The predicted octanol–water partition coefficient (Wildman–Crippen LogP) is 2.72. The summed E-state index contributed by atoms with van der Waals surface area (Å²) in [5.41, 5.74) is 1.23. The molecule has 8 heteroatoms. The van der Waals surface area contributed by atoms with E-state index in [1.807, 2.05) is 4.90 Å². The summed E-state index contributed by atoms with van der Waals surface area (Å²) >= 11 is 3.23. The molecule has 0 radical (unpaired) electrons. The minimum Gasteiger partial charge on any atom is -0.377 e. The fraction of sp³-hybridized carbons (Fsp3) is 0.632. The van der Waals surface area contributed by atoms with Crippen LogP contribution in [-0.4, -0.2) is 76.9 Å². The molecule has 2 aliphatic heterocycles. The number of carbonyl (C=O) groups is 1. The van der Waals surface area contributed by atoms with Gasteiger partial charge in [-0.15, -0.1) is 11.3 Å². The summed E-state index contributed by atoms with van der Waals surface area (Å²) in [5.74, 6) is 0.639. The third kappa shape index (κ3) is 4.29. The molecule has 2 aromatic rings. The van der Waals surface area contributed by atoms with E-state index in [2.05, 4.69) is 28.7 Å². The van der Waals surface area contributed by atoms with E-state index in [0.29, 0.717) is 11.9 Å². The SMILES string of the molecule is Cc1sc2ncnc(SCC(=O)N3CCN(CC4CCCO4)CC3)c2c1C. The molecule has 0 saturated carbocycles. The molecule has 27 heavy (non-hydrogen) atoms. The molecular weight excluding hydrogens is 380 g/mol. The maximum atomic E-state index is 12.7. The standard InChI is InChI=1S/C19H26N4O2S2/c1-13-14(2)27-19-17(13)18(20-12-21-19)26-11-16(24)23-7-5-22(6-8-23)10-15-4-3-9-25-15/h12,15H,3-11H2,1-2H3. The van der Waals surface area contributed by atoms with Crippen molar-refractivity contribution in [2.45, 2.75) is 37.8 Å². The first kappa shape index (κ1) is 19.1. The van der Waals surface area contributed by atoms with Crippen LogP contribution in [0.25, 0.3) is 10.2 Å². The number of carbonyl (C=O) groups excluding carboxylic acids is 1.